The van der Waals surface area contributed by atoms with Crippen LogP contribution in [0.2, 0.25) is 0 Å². The number of nitrogens with one attached hydrogen (secondary N) is 2. The fourth-order valence-electron chi connectivity index (χ4n) is 3.10. The number of nitrogens with zero attached hydrogens (tertiary/aromatic N) is 1. The molecule has 3 amide bonds. The number of carbonyl (C=O) groups excluding carboxylic acids is 3. The molecular formula is C26H31N3O5. The van der Waals surface area contributed by atoms with Crippen LogP contribution in [0.15, 0.2) is 48.5 Å². The molecule has 0 aromatic heterocycles. The van der Waals surface area contributed by atoms with Gasteiger partial charge in [0.25, 0.3) is 5.91 Å². The molecule has 0 radical (unpaired) electrons. The highest BCUT2D eigenvalue weighted by Gasteiger charge is 2.25. The van der Waals surface area contributed by atoms with Gasteiger partial charge in [-0.1, -0.05) is 12.1 Å². The topological polar surface area (TPSA) is 118 Å². The summed E-state index contributed by atoms with van der Waals surface area (Å²) in [6.45, 7) is 8.46. The van der Waals surface area contributed by atoms with Crippen LogP contribution in [0.4, 0.5) is 10.5 Å². The third kappa shape index (κ3) is 9.04. The summed E-state index contributed by atoms with van der Waals surface area (Å²) in [7, 11) is 0. The largest absolute Gasteiger partial charge is 0.460 e. The van der Waals surface area contributed by atoms with Gasteiger partial charge < -0.3 is 14.8 Å². The summed E-state index contributed by atoms with van der Waals surface area (Å²) >= 11 is 0. The summed E-state index contributed by atoms with van der Waals surface area (Å²) in [5.41, 5.74) is 1.53. The van der Waals surface area contributed by atoms with Gasteiger partial charge in [-0.3, -0.25) is 14.9 Å². The number of carbonyl (C=O) groups is 3. The standard InChI is InChI=1S/C26H31N3O5/c1-5-33-15-14-21(24(31)34-26(2,3)4)16-18-8-12-22(13-9-18)28-25(32)29-23(30)20-10-6-19(17-27)7-11-20/h6-13,21H,5,14-16H2,1-4H3,(H2,28,29,30,32). The summed E-state index contributed by atoms with van der Waals surface area (Å²) < 4.78 is 11.0. The lowest BCUT2D eigenvalue weighted by atomic mass is 9.96. The van der Waals surface area contributed by atoms with Gasteiger partial charge in [0, 0.05) is 24.5 Å². The van der Waals surface area contributed by atoms with Crippen molar-refractivity contribution in [3.63, 3.8) is 0 Å². The second-order valence-corrected chi connectivity index (χ2v) is 8.71. The van der Waals surface area contributed by atoms with E-state index in [1.54, 1.807) is 12.1 Å². The SMILES string of the molecule is CCOCCC(Cc1ccc(NC(=O)NC(=O)c2ccc(C#N)cc2)cc1)C(=O)OC(C)(C)C. The van der Waals surface area contributed by atoms with Crippen molar-refractivity contribution >= 4 is 23.6 Å². The number of amides is 3. The molecule has 0 aliphatic carbocycles. The fraction of sp³-hybridized carbons (Fsp3) is 0.385. The minimum Gasteiger partial charge on any atom is -0.460 e. The van der Waals surface area contributed by atoms with Gasteiger partial charge in [-0.05, 0) is 82.5 Å². The van der Waals surface area contributed by atoms with Crippen LogP contribution >= 0.6 is 0 Å². The van der Waals surface area contributed by atoms with E-state index in [1.807, 2.05) is 45.9 Å². The van der Waals surface area contributed by atoms with Gasteiger partial charge in [0.1, 0.15) is 5.60 Å². The zero-order valence-electron chi connectivity index (χ0n) is 20.0. The second kappa shape index (κ2) is 12.5. The van der Waals surface area contributed by atoms with Gasteiger partial charge in [0.2, 0.25) is 0 Å². The number of nitriles is 1. The molecule has 1 unspecified atom stereocenters. The van der Waals surface area contributed by atoms with Gasteiger partial charge in [0.05, 0.1) is 17.6 Å². The minimum absolute atomic E-state index is 0.268. The van der Waals surface area contributed by atoms with Crippen molar-refractivity contribution in [3.05, 3.63) is 65.2 Å². The molecule has 8 nitrogen and oxygen atoms in total. The summed E-state index contributed by atoms with van der Waals surface area (Å²) in [5, 5.41) is 13.7. The first-order chi connectivity index (χ1) is 16.1. The fourth-order valence-corrected chi connectivity index (χ4v) is 3.10. The molecule has 0 fully saturated rings. The highest BCUT2D eigenvalue weighted by atomic mass is 16.6. The van der Waals surface area contributed by atoms with Gasteiger partial charge in [-0.25, -0.2) is 4.79 Å². The van der Waals surface area contributed by atoms with Gasteiger partial charge in [-0.15, -0.1) is 0 Å². The number of hydrogen-bond acceptors (Lipinski definition) is 6. The molecule has 0 bridgehead atoms. The highest BCUT2D eigenvalue weighted by Crippen LogP contribution is 2.20. The summed E-state index contributed by atoms with van der Waals surface area (Å²) in [6, 6.07) is 14.3. The molecule has 34 heavy (non-hydrogen) atoms. The van der Waals surface area contributed by atoms with Crippen LogP contribution in [-0.4, -0.2) is 36.7 Å². The summed E-state index contributed by atoms with van der Waals surface area (Å²) in [6.07, 6.45) is 1.02. The van der Waals surface area contributed by atoms with E-state index < -0.39 is 17.5 Å². The van der Waals surface area contributed by atoms with Crippen molar-refractivity contribution in [1.82, 2.24) is 5.32 Å². The number of imide groups is 1. The molecular weight excluding hydrogens is 434 g/mol. The molecule has 2 rings (SSSR count). The van der Waals surface area contributed by atoms with Crippen molar-refractivity contribution in [1.29, 1.82) is 5.26 Å². The molecule has 0 spiro atoms. The van der Waals surface area contributed by atoms with Crippen LogP contribution in [-0.2, 0) is 20.7 Å². The van der Waals surface area contributed by atoms with E-state index in [1.165, 1.54) is 24.3 Å². The first-order valence-electron chi connectivity index (χ1n) is 11.1. The molecule has 2 aromatic rings. The average molecular weight is 466 g/mol. The molecule has 2 N–H and O–H groups in total. The van der Waals surface area contributed by atoms with Crippen molar-refractivity contribution in [3.8, 4) is 6.07 Å². The van der Waals surface area contributed by atoms with E-state index in [0.29, 0.717) is 37.3 Å². The predicted molar refractivity (Wildman–Crippen MR) is 128 cm³/mol. The van der Waals surface area contributed by atoms with Gasteiger partial charge >= 0.3 is 12.0 Å². The van der Waals surface area contributed by atoms with Crippen LogP contribution in [0, 0.1) is 17.2 Å². The number of esters is 1. The Morgan fingerprint density at radius 1 is 1.03 bits per heavy atom. The predicted octanol–water partition coefficient (Wildman–Crippen LogP) is 4.45. The highest BCUT2D eigenvalue weighted by molar-refractivity contribution is 6.07. The number of urea groups is 1. The lowest BCUT2D eigenvalue weighted by Gasteiger charge is -2.24. The number of anilines is 1. The Hall–Kier alpha value is -3.70. The molecule has 0 saturated heterocycles. The number of ether oxygens (including phenoxy) is 2. The minimum atomic E-state index is -0.676. The van der Waals surface area contributed by atoms with E-state index in [0.717, 1.165) is 5.56 Å². The van der Waals surface area contributed by atoms with E-state index in [2.05, 4.69) is 10.6 Å². The molecule has 1 atom stereocenters. The van der Waals surface area contributed by atoms with Crippen LogP contribution in [0.25, 0.3) is 0 Å². The Morgan fingerprint density at radius 2 is 1.68 bits per heavy atom. The second-order valence-electron chi connectivity index (χ2n) is 8.71. The Labute approximate surface area is 200 Å². The Bertz CT molecular complexity index is 1020. The third-order valence-electron chi connectivity index (χ3n) is 4.75. The van der Waals surface area contributed by atoms with Crippen molar-refractivity contribution < 1.29 is 23.9 Å². The molecule has 0 aliphatic heterocycles. The van der Waals surface area contributed by atoms with Crippen LogP contribution in [0.3, 0.4) is 0 Å². The van der Waals surface area contributed by atoms with Crippen LogP contribution in [0.1, 0.15) is 55.6 Å². The summed E-state index contributed by atoms with van der Waals surface area (Å²) in [5.74, 6) is -1.19. The molecule has 8 heteroatoms. The number of hydrogen-bond donors (Lipinski definition) is 2. The zero-order chi connectivity index (χ0) is 25.1. The lowest BCUT2D eigenvalue weighted by Crippen LogP contribution is -2.34. The third-order valence-corrected chi connectivity index (χ3v) is 4.75. The Balaban J connectivity index is 1.96. The van der Waals surface area contributed by atoms with Crippen LogP contribution in [0.5, 0.6) is 0 Å². The van der Waals surface area contributed by atoms with Crippen LogP contribution < -0.4 is 10.6 Å². The monoisotopic (exact) mass is 465 g/mol. The molecule has 180 valence electrons. The maximum absolute atomic E-state index is 12.6. The molecule has 0 heterocycles. The van der Waals surface area contributed by atoms with E-state index in [4.69, 9.17) is 14.7 Å². The first kappa shape index (κ1) is 26.6. The van der Waals surface area contributed by atoms with Crippen molar-refractivity contribution in [2.45, 2.75) is 46.1 Å². The van der Waals surface area contributed by atoms with Gasteiger partial charge in [0.15, 0.2) is 0 Å². The zero-order valence-corrected chi connectivity index (χ0v) is 20.0. The molecule has 2 aromatic carbocycles. The molecule has 0 saturated carbocycles. The maximum Gasteiger partial charge on any atom is 0.326 e. The van der Waals surface area contributed by atoms with E-state index in [-0.39, 0.29) is 17.5 Å². The maximum atomic E-state index is 12.6. The Morgan fingerprint density at radius 3 is 2.24 bits per heavy atom. The van der Waals surface area contributed by atoms with Gasteiger partial charge in [-0.2, -0.15) is 5.26 Å². The Kier molecular flexibility index (Phi) is 9.77. The average Bonchev–Trinajstić information content (AvgIpc) is 2.78. The molecule has 0 aliphatic rings. The smallest absolute Gasteiger partial charge is 0.326 e. The van der Waals surface area contributed by atoms with E-state index >= 15 is 0 Å². The summed E-state index contributed by atoms with van der Waals surface area (Å²) in [4.78, 5) is 37.0. The van der Waals surface area contributed by atoms with Crippen molar-refractivity contribution in [2.75, 3.05) is 18.5 Å². The number of benzene rings is 2. The first-order valence-corrected chi connectivity index (χ1v) is 11.1. The number of rotatable bonds is 9. The quantitative estimate of drug-likeness (QED) is 0.417. The van der Waals surface area contributed by atoms with E-state index in [9.17, 15) is 14.4 Å². The normalized spacial score (nSPS) is 11.7. The van der Waals surface area contributed by atoms with Crippen molar-refractivity contribution in [2.24, 2.45) is 5.92 Å². The lowest BCUT2D eigenvalue weighted by molar-refractivity contribution is -0.160.